The van der Waals surface area contributed by atoms with Crippen LogP contribution in [0.5, 0.6) is 11.5 Å². The minimum Gasteiger partial charge on any atom is -0.497 e. The maximum atomic E-state index is 11.3. The molecule has 0 radical (unpaired) electrons. The molecule has 0 spiro atoms. The number of amides is 1. The topological polar surface area (TPSA) is 117 Å². The first-order chi connectivity index (χ1) is 11.0. The van der Waals surface area contributed by atoms with Gasteiger partial charge in [0.15, 0.2) is 0 Å². The summed E-state index contributed by atoms with van der Waals surface area (Å²) in [7, 11) is 1.51. The van der Waals surface area contributed by atoms with E-state index in [1.807, 2.05) is 0 Å². The van der Waals surface area contributed by atoms with Crippen LogP contribution in [0.2, 0.25) is 0 Å². The van der Waals surface area contributed by atoms with Gasteiger partial charge in [-0.25, -0.2) is 0 Å². The second kappa shape index (κ2) is 7.60. The van der Waals surface area contributed by atoms with Crippen LogP contribution in [-0.2, 0) is 9.53 Å². The normalized spacial score (nSPS) is 30.6. The zero-order valence-electron chi connectivity index (χ0n) is 12.9. The fourth-order valence-corrected chi connectivity index (χ4v) is 2.38. The summed E-state index contributed by atoms with van der Waals surface area (Å²) in [6.07, 6.45) is -4.80. The van der Waals surface area contributed by atoms with Gasteiger partial charge in [0.05, 0.1) is 13.7 Å². The van der Waals surface area contributed by atoms with Gasteiger partial charge in [-0.15, -0.1) is 0 Å². The first kappa shape index (κ1) is 17.5. The Morgan fingerprint density at radius 2 is 2.00 bits per heavy atom. The fraction of sp³-hybridized carbons (Fsp3) is 0.533. The van der Waals surface area contributed by atoms with Gasteiger partial charge in [-0.05, 0) is 12.1 Å². The Morgan fingerprint density at radius 1 is 1.30 bits per heavy atom. The average Bonchev–Trinajstić information content (AvgIpc) is 2.54. The maximum Gasteiger partial charge on any atom is 0.223 e. The largest absolute Gasteiger partial charge is 0.497 e. The number of rotatable bonds is 5. The fourth-order valence-electron chi connectivity index (χ4n) is 2.38. The second-order valence-electron chi connectivity index (χ2n) is 5.23. The standard InChI is InChI=1S/C15H21NO7/c1-8(18)16-12-14(20)13(19)11(7-17)23-15(12)22-10-5-3-4-9(6-10)21-2/h3-6,11-15,17,19-20H,7H2,1-2H3,(H,16,18)/t11-,12-,13+,14-,15+/m1/s1. The van der Waals surface area contributed by atoms with Crippen molar-refractivity contribution in [1.29, 1.82) is 0 Å². The average molecular weight is 327 g/mol. The molecule has 1 saturated heterocycles. The Bertz CT molecular complexity index is 538. The van der Waals surface area contributed by atoms with Gasteiger partial charge in [-0.2, -0.15) is 0 Å². The lowest BCUT2D eigenvalue weighted by atomic mass is 9.97. The van der Waals surface area contributed by atoms with Crippen LogP contribution in [-0.4, -0.2) is 65.6 Å². The molecule has 1 aliphatic rings. The summed E-state index contributed by atoms with van der Waals surface area (Å²) < 4.78 is 16.2. The third-order valence-electron chi connectivity index (χ3n) is 3.54. The van der Waals surface area contributed by atoms with Crippen molar-refractivity contribution >= 4 is 5.91 Å². The number of carbonyl (C=O) groups excluding carboxylic acids is 1. The van der Waals surface area contributed by atoms with Crippen LogP contribution >= 0.6 is 0 Å². The highest BCUT2D eigenvalue weighted by Gasteiger charge is 2.46. The van der Waals surface area contributed by atoms with Crippen LogP contribution < -0.4 is 14.8 Å². The summed E-state index contributed by atoms with van der Waals surface area (Å²) in [6, 6.07) is 5.71. The van der Waals surface area contributed by atoms with E-state index in [0.717, 1.165) is 0 Å². The molecule has 0 aromatic heterocycles. The third-order valence-corrected chi connectivity index (χ3v) is 3.54. The van der Waals surface area contributed by atoms with Crippen LogP contribution in [0.4, 0.5) is 0 Å². The Kier molecular flexibility index (Phi) is 5.78. The van der Waals surface area contributed by atoms with Crippen molar-refractivity contribution < 1.29 is 34.3 Å². The number of carbonyl (C=O) groups is 1. The van der Waals surface area contributed by atoms with E-state index in [1.165, 1.54) is 14.0 Å². The van der Waals surface area contributed by atoms with Gasteiger partial charge in [-0.1, -0.05) is 6.07 Å². The van der Waals surface area contributed by atoms with Crippen molar-refractivity contribution in [1.82, 2.24) is 5.32 Å². The monoisotopic (exact) mass is 327 g/mol. The van der Waals surface area contributed by atoms with E-state index in [1.54, 1.807) is 24.3 Å². The summed E-state index contributed by atoms with van der Waals surface area (Å²) in [5.74, 6) is 0.546. The van der Waals surface area contributed by atoms with Gasteiger partial charge in [0.25, 0.3) is 0 Å². The van der Waals surface area contributed by atoms with E-state index in [4.69, 9.17) is 14.2 Å². The molecule has 1 fully saturated rings. The van der Waals surface area contributed by atoms with Crippen LogP contribution in [0.3, 0.4) is 0 Å². The highest BCUT2D eigenvalue weighted by molar-refractivity contribution is 5.73. The SMILES string of the molecule is COc1cccc(O[C@H]2O[C@H](CO)[C@H](O)[C@H](O)[C@H]2NC(C)=O)c1. The molecule has 0 bridgehead atoms. The molecule has 1 aromatic rings. The van der Waals surface area contributed by atoms with Gasteiger partial charge in [0.2, 0.25) is 12.2 Å². The minimum atomic E-state index is -1.35. The van der Waals surface area contributed by atoms with Gasteiger partial charge in [-0.3, -0.25) is 4.79 Å². The van der Waals surface area contributed by atoms with Crippen molar-refractivity contribution in [3.05, 3.63) is 24.3 Å². The van der Waals surface area contributed by atoms with E-state index in [9.17, 15) is 20.1 Å². The Morgan fingerprint density at radius 3 is 2.61 bits per heavy atom. The van der Waals surface area contributed by atoms with E-state index >= 15 is 0 Å². The summed E-state index contributed by atoms with van der Waals surface area (Å²) >= 11 is 0. The summed E-state index contributed by atoms with van der Waals surface area (Å²) in [4.78, 5) is 11.3. The lowest BCUT2D eigenvalue weighted by Crippen LogP contribution is -2.65. The molecule has 0 saturated carbocycles. The first-order valence-electron chi connectivity index (χ1n) is 7.16. The molecule has 1 aromatic carbocycles. The van der Waals surface area contributed by atoms with Gasteiger partial charge in [0, 0.05) is 13.0 Å². The second-order valence-corrected chi connectivity index (χ2v) is 5.23. The zero-order chi connectivity index (χ0) is 17.0. The van der Waals surface area contributed by atoms with E-state index in [-0.39, 0.29) is 0 Å². The highest BCUT2D eigenvalue weighted by Crippen LogP contribution is 2.26. The molecule has 1 heterocycles. The van der Waals surface area contributed by atoms with Gasteiger partial charge >= 0.3 is 0 Å². The first-order valence-corrected chi connectivity index (χ1v) is 7.16. The Labute approximate surface area is 133 Å². The highest BCUT2D eigenvalue weighted by atomic mass is 16.7. The lowest BCUT2D eigenvalue weighted by Gasteiger charge is -2.42. The summed E-state index contributed by atoms with van der Waals surface area (Å²) in [6.45, 7) is 0.781. The van der Waals surface area contributed by atoms with Crippen molar-refractivity contribution in [2.45, 2.75) is 37.6 Å². The lowest BCUT2D eigenvalue weighted by molar-refractivity contribution is -0.244. The van der Waals surface area contributed by atoms with Gasteiger partial charge in [0.1, 0.15) is 35.9 Å². The molecule has 23 heavy (non-hydrogen) atoms. The molecule has 4 N–H and O–H groups in total. The number of hydrogen-bond donors (Lipinski definition) is 4. The number of nitrogens with one attached hydrogen (secondary N) is 1. The molecule has 5 atom stereocenters. The van der Waals surface area contributed by atoms with Crippen molar-refractivity contribution in [2.24, 2.45) is 0 Å². The van der Waals surface area contributed by atoms with Crippen molar-refractivity contribution in [3.8, 4) is 11.5 Å². The van der Waals surface area contributed by atoms with Crippen molar-refractivity contribution in [2.75, 3.05) is 13.7 Å². The number of hydrogen-bond acceptors (Lipinski definition) is 7. The van der Waals surface area contributed by atoms with E-state index < -0.39 is 43.2 Å². The third kappa shape index (κ3) is 4.11. The molecule has 0 unspecified atom stereocenters. The smallest absolute Gasteiger partial charge is 0.223 e. The Hall–Kier alpha value is -1.87. The quantitative estimate of drug-likeness (QED) is 0.549. The van der Waals surface area contributed by atoms with Crippen molar-refractivity contribution in [3.63, 3.8) is 0 Å². The van der Waals surface area contributed by atoms with E-state index in [0.29, 0.717) is 11.5 Å². The zero-order valence-corrected chi connectivity index (χ0v) is 12.9. The number of benzene rings is 1. The van der Waals surface area contributed by atoms with Crippen LogP contribution in [0, 0.1) is 0 Å². The number of ether oxygens (including phenoxy) is 3. The number of methoxy groups -OCH3 is 1. The van der Waals surface area contributed by atoms with Crippen LogP contribution in [0.15, 0.2) is 24.3 Å². The minimum absolute atomic E-state index is 0.394. The maximum absolute atomic E-state index is 11.3. The molecule has 8 nitrogen and oxygen atoms in total. The molecule has 128 valence electrons. The summed E-state index contributed by atoms with van der Waals surface area (Å²) in [5, 5.41) is 31.8. The molecule has 8 heteroatoms. The molecule has 0 aliphatic carbocycles. The molecule has 2 rings (SSSR count). The predicted octanol–water partition coefficient (Wildman–Crippen LogP) is -0.982. The molecular formula is C15H21NO7. The van der Waals surface area contributed by atoms with Gasteiger partial charge < -0.3 is 34.8 Å². The molecular weight excluding hydrogens is 306 g/mol. The Balaban J connectivity index is 2.21. The summed E-state index contributed by atoms with van der Waals surface area (Å²) in [5.41, 5.74) is 0. The number of aliphatic hydroxyl groups is 3. The number of aliphatic hydroxyl groups excluding tert-OH is 3. The molecule has 1 aliphatic heterocycles. The molecule has 1 amide bonds. The van der Waals surface area contributed by atoms with Crippen LogP contribution in [0.25, 0.3) is 0 Å². The van der Waals surface area contributed by atoms with E-state index in [2.05, 4.69) is 5.32 Å². The predicted molar refractivity (Wildman–Crippen MR) is 79.0 cm³/mol. The van der Waals surface area contributed by atoms with Crippen LogP contribution in [0.1, 0.15) is 6.92 Å².